The number of aliphatic hydroxyl groups is 1. The number of piperidine rings is 1. The zero-order valence-electron chi connectivity index (χ0n) is 13.3. The lowest BCUT2D eigenvalue weighted by Gasteiger charge is -2.36. The maximum absolute atomic E-state index is 12.7. The van der Waals surface area contributed by atoms with Crippen molar-refractivity contribution < 1.29 is 27.8 Å². The van der Waals surface area contributed by atoms with E-state index >= 15 is 0 Å². The molecule has 0 spiro atoms. The van der Waals surface area contributed by atoms with Gasteiger partial charge in [-0.05, 0) is 50.4 Å². The summed E-state index contributed by atoms with van der Waals surface area (Å²) in [7, 11) is 2.05. The standard InChI is InChI=1S/C17H20F3NO3/c1-21-12-5-6-13(21)9-14(8-12)24-16(23)15(22)10-3-2-4-11(7-10)17(18,19)20/h2-4,7,12-15,22H,5-6,8-9H2,1H3. The average molecular weight is 343 g/mol. The maximum Gasteiger partial charge on any atom is 0.416 e. The van der Waals surface area contributed by atoms with Crippen LogP contribution in [0, 0.1) is 0 Å². The van der Waals surface area contributed by atoms with Gasteiger partial charge in [0.15, 0.2) is 6.10 Å². The number of nitrogens with zero attached hydrogens (tertiary/aromatic N) is 1. The van der Waals surface area contributed by atoms with Gasteiger partial charge in [0.1, 0.15) is 6.10 Å². The molecule has 1 aromatic rings. The summed E-state index contributed by atoms with van der Waals surface area (Å²) in [6.45, 7) is 0. The highest BCUT2D eigenvalue weighted by Crippen LogP contribution is 2.36. The topological polar surface area (TPSA) is 49.8 Å². The second kappa shape index (κ2) is 6.37. The Bertz CT molecular complexity index is 605. The quantitative estimate of drug-likeness (QED) is 0.858. The van der Waals surface area contributed by atoms with Gasteiger partial charge in [-0.3, -0.25) is 0 Å². The van der Waals surface area contributed by atoms with Gasteiger partial charge < -0.3 is 14.7 Å². The fourth-order valence-electron chi connectivity index (χ4n) is 3.71. The zero-order chi connectivity index (χ0) is 17.5. The molecule has 24 heavy (non-hydrogen) atoms. The molecule has 2 saturated heterocycles. The molecule has 3 unspecified atom stereocenters. The van der Waals surface area contributed by atoms with Gasteiger partial charge in [0.25, 0.3) is 0 Å². The molecular weight excluding hydrogens is 323 g/mol. The number of benzene rings is 1. The van der Waals surface area contributed by atoms with Gasteiger partial charge >= 0.3 is 12.1 Å². The fourth-order valence-corrected chi connectivity index (χ4v) is 3.71. The third kappa shape index (κ3) is 3.42. The van der Waals surface area contributed by atoms with Crippen LogP contribution >= 0.6 is 0 Å². The van der Waals surface area contributed by atoms with Crippen LogP contribution in [0.2, 0.25) is 0 Å². The molecule has 7 heteroatoms. The molecule has 4 nitrogen and oxygen atoms in total. The number of hydrogen-bond donors (Lipinski definition) is 1. The summed E-state index contributed by atoms with van der Waals surface area (Å²) in [5.41, 5.74) is -1.00. The Labute approximate surface area is 138 Å². The van der Waals surface area contributed by atoms with Crippen molar-refractivity contribution >= 4 is 5.97 Å². The number of esters is 1. The molecule has 2 fully saturated rings. The lowest BCUT2D eigenvalue weighted by atomic mass is 10.0. The van der Waals surface area contributed by atoms with Crippen molar-refractivity contribution in [1.82, 2.24) is 4.90 Å². The number of halogens is 3. The predicted molar refractivity (Wildman–Crippen MR) is 80.1 cm³/mol. The summed E-state index contributed by atoms with van der Waals surface area (Å²) in [5.74, 6) is -0.886. The highest BCUT2D eigenvalue weighted by molar-refractivity contribution is 5.76. The van der Waals surface area contributed by atoms with Crippen molar-refractivity contribution in [2.45, 2.75) is 56.2 Å². The first kappa shape index (κ1) is 17.2. The fraction of sp³-hybridized carbons (Fsp3) is 0.588. The molecule has 2 aliphatic heterocycles. The molecule has 2 aliphatic rings. The SMILES string of the molecule is CN1C2CCC1CC(OC(=O)C(O)c1cccc(C(F)(F)F)c1)C2. The second-order valence-electron chi connectivity index (χ2n) is 6.61. The van der Waals surface area contributed by atoms with Gasteiger partial charge in [-0.25, -0.2) is 4.79 Å². The molecular formula is C17H20F3NO3. The number of carbonyl (C=O) groups is 1. The lowest BCUT2D eigenvalue weighted by molar-refractivity contribution is -0.163. The number of ether oxygens (including phenoxy) is 1. The minimum Gasteiger partial charge on any atom is -0.460 e. The van der Waals surface area contributed by atoms with E-state index in [0.29, 0.717) is 24.9 Å². The minimum atomic E-state index is -4.52. The number of hydrogen-bond acceptors (Lipinski definition) is 4. The number of alkyl halides is 3. The Morgan fingerprint density at radius 3 is 2.50 bits per heavy atom. The van der Waals surface area contributed by atoms with Crippen molar-refractivity contribution in [2.75, 3.05) is 7.05 Å². The van der Waals surface area contributed by atoms with Gasteiger partial charge in [0.2, 0.25) is 0 Å². The molecule has 3 rings (SSSR count). The third-order valence-corrected chi connectivity index (χ3v) is 5.09. The average Bonchev–Trinajstić information content (AvgIpc) is 2.74. The van der Waals surface area contributed by atoms with E-state index in [2.05, 4.69) is 11.9 Å². The predicted octanol–water partition coefficient (Wildman–Crippen LogP) is 2.91. The maximum atomic E-state index is 12.7. The van der Waals surface area contributed by atoms with E-state index in [1.165, 1.54) is 12.1 Å². The van der Waals surface area contributed by atoms with E-state index in [1.807, 2.05) is 0 Å². The van der Waals surface area contributed by atoms with Crippen LogP contribution in [0.15, 0.2) is 24.3 Å². The number of fused-ring (bicyclic) bond motifs is 2. The van der Waals surface area contributed by atoms with Gasteiger partial charge in [0, 0.05) is 12.1 Å². The van der Waals surface area contributed by atoms with Crippen LogP contribution in [0.4, 0.5) is 13.2 Å². The number of aliphatic hydroxyl groups excluding tert-OH is 1. The zero-order valence-corrected chi connectivity index (χ0v) is 13.3. The smallest absolute Gasteiger partial charge is 0.416 e. The minimum absolute atomic E-state index is 0.106. The van der Waals surface area contributed by atoms with E-state index in [4.69, 9.17) is 4.74 Å². The Balaban J connectivity index is 1.65. The van der Waals surface area contributed by atoms with Crippen molar-refractivity contribution in [1.29, 1.82) is 0 Å². The molecule has 1 N–H and O–H groups in total. The highest BCUT2D eigenvalue weighted by Gasteiger charge is 2.40. The monoisotopic (exact) mass is 343 g/mol. The first-order valence-corrected chi connectivity index (χ1v) is 8.03. The molecule has 2 heterocycles. The molecule has 0 radical (unpaired) electrons. The Hall–Kier alpha value is -1.60. The Kier molecular flexibility index (Phi) is 4.57. The molecule has 1 aromatic carbocycles. The van der Waals surface area contributed by atoms with Gasteiger partial charge in [-0.2, -0.15) is 13.2 Å². The normalized spacial score (nSPS) is 28.6. The molecule has 0 amide bonds. The van der Waals surface area contributed by atoms with Crippen LogP contribution < -0.4 is 0 Å². The van der Waals surface area contributed by atoms with Crippen LogP contribution in [-0.4, -0.2) is 41.2 Å². The van der Waals surface area contributed by atoms with Crippen LogP contribution in [0.3, 0.4) is 0 Å². The van der Waals surface area contributed by atoms with Crippen LogP contribution in [0.5, 0.6) is 0 Å². The molecule has 2 bridgehead atoms. The summed E-state index contributed by atoms with van der Waals surface area (Å²) in [6, 6.07) is 4.88. The van der Waals surface area contributed by atoms with Crippen molar-refractivity contribution in [3.8, 4) is 0 Å². The summed E-state index contributed by atoms with van der Waals surface area (Å²) < 4.78 is 43.6. The van der Waals surface area contributed by atoms with Crippen LogP contribution in [0.1, 0.15) is 42.9 Å². The molecule has 0 aliphatic carbocycles. The first-order valence-electron chi connectivity index (χ1n) is 8.03. The molecule has 3 atom stereocenters. The van der Waals surface area contributed by atoms with Crippen LogP contribution in [-0.2, 0) is 15.7 Å². The summed E-state index contributed by atoms with van der Waals surface area (Å²) in [5, 5.41) is 10.1. The van der Waals surface area contributed by atoms with Crippen molar-refractivity contribution in [3.05, 3.63) is 35.4 Å². The molecule has 0 aromatic heterocycles. The van der Waals surface area contributed by atoms with Crippen molar-refractivity contribution in [3.63, 3.8) is 0 Å². The van der Waals surface area contributed by atoms with E-state index in [1.54, 1.807) is 0 Å². The van der Waals surface area contributed by atoms with Gasteiger partial charge in [0.05, 0.1) is 5.56 Å². The molecule has 132 valence electrons. The largest absolute Gasteiger partial charge is 0.460 e. The lowest BCUT2D eigenvalue weighted by Crippen LogP contribution is -2.43. The van der Waals surface area contributed by atoms with E-state index in [9.17, 15) is 23.1 Å². The van der Waals surface area contributed by atoms with Crippen LogP contribution in [0.25, 0.3) is 0 Å². The van der Waals surface area contributed by atoms with E-state index in [-0.39, 0.29) is 11.7 Å². The van der Waals surface area contributed by atoms with E-state index in [0.717, 1.165) is 25.0 Å². The molecule has 0 saturated carbocycles. The Morgan fingerprint density at radius 1 is 1.29 bits per heavy atom. The van der Waals surface area contributed by atoms with Gasteiger partial charge in [-0.15, -0.1) is 0 Å². The third-order valence-electron chi connectivity index (χ3n) is 5.09. The summed E-state index contributed by atoms with van der Waals surface area (Å²) in [6.07, 6.45) is -2.98. The van der Waals surface area contributed by atoms with Gasteiger partial charge in [-0.1, -0.05) is 12.1 Å². The van der Waals surface area contributed by atoms with Crippen molar-refractivity contribution in [2.24, 2.45) is 0 Å². The van der Waals surface area contributed by atoms with E-state index < -0.39 is 23.8 Å². The Morgan fingerprint density at radius 2 is 1.92 bits per heavy atom. The second-order valence-corrected chi connectivity index (χ2v) is 6.61. The first-order chi connectivity index (χ1) is 11.3. The summed E-state index contributed by atoms with van der Waals surface area (Å²) >= 11 is 0. The number of carbonyl (C=O) groups excluding carboxylic acids is 1. The summed E-state index contributed by atoms with van der Waals surface area (Å²) in [4.78, 5) is 14.4. The highest BCUT2D eigenvalue weighted by atomic mass is 19.4. The number of rotatable bonds is 3.